The first-order valence-corrected chi connectivity index (χ1v) is 13.2. The second kappa shape index (κ2) is 12.9. The molecule has 2 amide bonds. The highest BCUT2D eigenvalue weighted by molar-refractivity contribution is 5.98. The molecule has 1 heterocycles. The summed E-state index contributed by atoms with van der Waals surface area (Å²) in [6.45, 7) is 10.8. The van der Waals surface area contributed by atoms with Gasteiger partial charge in [0.2, 0.25) is 5.91 Å². The average molecular weight is 495 g/mol. The second-order valence-corrected chi connectivity index (χ2v) is 10.6. The SMILES string of the molecule is CCCCCC(CC(=O)Nc1cc(C(=O)N2CCOCC2)ccc1C(C)(C)C)c1ccccc1OC. The molecule has 1 atom stereocenters. The van der Waals surface area contributed by atoms with Crippen LogP contribution >= 0.6 is 0 Å². The number of carbonyl (C=O) groups excluding carboxylic acids is 2. The molecule has 36 heavy (non-hydrogen) atoms. The zero-order chi connectivity index (χ0) is 26.1. The molecule has 0 bridgehead atoms. The molecule has 0 saturated carbocycles. The lowest BCUT2D eigenvalue weighted by Crippen LogP contribution is -2.40. The molecule has 0 spiro atoms. The van der Waals surface area contributed by atoms with Gasteiger partial charge in [0.1, 0.15) is 5.75 Å². The Balaban J connectivity index is 1.84. The van der Waals surface area contributed by atoms with Gasteiger partial charge in [0.25, 0.3) is 5.91 Å². The first-order chi connectivity index (χ1) is 17.2. The van der Waals surface area contributed by atoms with Gasteiger partial charge in [-0.2, -0.15) is 0 Å². The van der Waals surface area contributed by atoms with E-state index >= 15 is 0 Å². The third-order valence-electron chi connectivity index (χ3n) is 6.81. The van der Waals surface area contributed by atoms with E-state index in [1.807, 2.05) is 41.3 Å². The first kappa shape index (κ1) is 27.7. The van der Waals surface area contributed by atoms with Crippen molar-refractivity contribution in [1.29, 1.82) is 0 Å². The molecule has 196 valence electrons. The molecule has 1 N–H and O–H groups in total. The maximum atomic E-state index is 13.4. The first-order valence-electron chi connectivity index (χ1n) is 13.2. The molecule has 6 nitrogen and oxygen atoms in total. The van der Waals surface area contributed by atoms with Crippen molar-refractivity contribution >= 4 is 17.5 Å². The van der Waals surface area contributed by atoms with Gasteiger partial charge in [-0.15, -0.1) is 0 Å². The highest BCUT2D eigenvalue weighted by Crippen LogP contribution is 2.35. The van der Waals surface area contributed by atoms with E-state index in [0.29, 0.717) is 44.0 Å². The summed E-state index contributed by atoms with van der Waals surface area (Å²) < 4.78 is 11.0. The van der Waals surface area contributed by atoms with E-state index in [-0.39, 0.29) is 23.1 Å². The Labute approximate surface area is 216 Å². The normalized spacial score (nSPS) is 14.9. The Hall–Kier alpha value is -2.86. The number of hydrogen-bond donors (Lipinski definition) is 1. The number of hydrogen-bond acceptors (Lipinski definition) is 4. The average Bonchev–Trinajstić information content (AvgIpc) is 2.87. The molecule has 1 fully saturated rings. The van der Waals surface area contributed by atoms with Crippen molar-refractivity contribution in [2.75, 3.05) is 38.7 Å². The standard InChI is InChI=1S/C30H42N2O4/c1-6-7-8-11-22(24-12-9-10-13-27(24)35-5)21-28(33)31-26-20-23(14-15-25(26)30(2,3)4)29(34)32-16-18-36-19-17-32/h9-10,12-15,20,22H,6-8,11,16-19,21H2,1-5H3,(H,31,33). The van der Waals surface area contributed by atoms with Crippen LogP contribution in [-0.4, -0.2) is 50.1 Å². The summed E-state index contributed by atoms with van der Waals surface area (Å²) in [5.41, 5.74) is 3.18. The molecule has 2 aromatic carbocycles. The number of para-hydroxylation sites is 1. The minimum atomic E-state index is -0.188. The van der Waals surface area contributed by atoms with E-state index in [4.69, 9.17) is 9.47 Å². The summed E-state index contributed by atoms with van der Waals surface area (Å²) in [4.78, 5) is 28.4. The minimum absolute atomic E-state index is 0.0271. The van der Waals surface area contributed by atoms with Gasteiger partial charge in [0, 0.05) is 30.8 Å². The molecule has 3 rings (SSSR count). The van der Waals surface area contributed by atoms with Crippen LogP contribution in [0.5, 0.6) is 5.75 Å². The summed E-state index contributed by atoms with van der Waals surface area (Å²) in [5.74, 6) is 0.800. The quantitative estimate of drug-likeness (QED) is 0.402. The molecule has 0 radical (unpaired) electrons. The van der Waals surface area contributed by atoms with Crippen molar-refractivity contribution in [3.63, 3.8) is 0 Å². The van der Waals surface area contributed by atoms with E-state index in [1.54, 1.807) is 7.11 Å². The maximum absolute atomic E-state index is 13.4. The third-order valence-corrected chi connectivity index (χ3v) is 6.81. The van der Waals surface area contributed by atoms with Crippen LogP contribution in [0.25, 0.3) is 0 Å². The van der Waals surface area contributed by atoms with Gasteiger partial charge in [-0.25, -0.2) is 0 Å². The van der Waals surface area contributed by atoms with Crippen molar-refractivity contribution < 1.29 is 19.1 Å². The molecule has 1 aliphatic rings. The summed E-state index contributed by atoms with van der Waals surface area (Å²) in [7, 11) is 1.68. The number of nitrogens with zero attached hydrogens (tertiary/aromatic N) is 1. The second-order valence-electron chi connectivity index (χ2n) is 10.6. The molecule has 0 aromatic heterocycles. The number of unbranched alkanes of at least 4 members (excludes halogenated alkanes) is 2. The Morgan fingerprint density at radius 2 is 1.81 bits per heavy atom. The lowest BCUT2D eigenvalue weighted by Gasteiger charge is -2.28. The van der Waals surface area contributed by atoms with Gasteiger partial charge in [0.05, 0.1) is 20.3 Å². The van der Waals surface area contributed by atoms with Gasteiger partial charge in [-0.05, 0) is 47.1 Å². The highest BCUT2D eigenvalue weighted by atomic mass is 16.5. The van der Waals surface area contributed by atoms with Gasteiger partial charge >= 0.3 is 0 Å². The van der Waals surface area contributed by atoms with Crippen LogP contribution in [0.4, 0.5) is 5.69 Å². The van der Waals surface area contributed by atoms with Crippen LogP contribution in [-0.2, 0) is 14.9 Å². The number of rotatable bonds is 10. The lowest BCUT2D eigenvalue weighted by atomic mass is 9.84. The fourth-order valence-corrected chi connectivity index (χ4v) is 4.82. The molecule has 1 unspecified atom stereocenters. The van der Waals surface area contributed by atoms with E-state index in [2.05, 4.69) is 39.1 Å². The van der Waals surface area contributed by atoms with E-state index in [0.717, 1.165) is 42.6 Å². The number of benzene rings is 2. The molecular weight excluding hydrogens is 452 g/mol. The molecule has 1 aliphatic heterocycles. The van der Waals surface area contributed by atoms with Crippen molar-refractivity contribution in [3.8, 4) is 5.75 Å². The topological polar surface area (TPSA) is 67.9 Å². The van der Waals surface area contributed by atoms with E-state index < -0.39 is 0 Å². The number of amides is 2. The van der Waals surface area contributed by atoms with Crippen molar-refractivity contribution in [2.45, 2.75) is 71.1 Å². The Kier molecular flexibility index (Phi) is 9.94. The smallest absolute Gasteiger partial charge is 0.254 e. The van der Waals surface area contributed by atoms with Gasteiger partial charge < -0.3 is 19.7 Å². The third kappa shape index (κ3) is 7.33. The monoisotopic (exact) mass is 494 g/mol. The predicted molar refractivity (Wildman–Crippen MR) is 145 cm³/mol. The van der Waals surface area contributed by atoms with Crippen molar-refractivity contribution in [2.24, 2.45) is 0 Å². The number of ether oxygens (including phenoxy) is 2. The van der Waals surface area contributed by atoms with Crippen LogP contribution in [0, 0.1) is 0 Å². The maximum Gasteiger partial charge on any atom is 0.254 e. The molecular formula is C30H42N2O4. The zero-order valence-electron chi connectivity index (χ0n) is 22.6. The predicted octanol–water partition coefficient (Wildman–Crippen LogP) is 6.16. The van der Waals surface area contributed by atoms with Crippen LogP contribution in [0.1, 0.15) is 87.2 Å². The summed E-state index contributed by atoms with van der Waals surface area (Å²) in [6, 6.07) is 13.7. The Morgan fingerprint density at radius 1 is 1.08 bits per heavy atom. The van der Waals surface area contributed by atoms with Crippen LogP contribution in [0.2, 0.25) is 0 Å². The lowest BCUT2D eigenvalue weighted by molar-refractivity contribution is -0.116. The number of morpholine rings is 1. The number of anilines is 1. The molecule has 0 aliphatic carbocycles. The molecule has 2 aromatic rings. The number of nitrogens with one attached hydrogen (secondary N) is 1. The zero-order valence-corrected chi connectivity index (χ0v) is 22.6. The van der Waals surface area contributed by atoms with Gasteiger partial charge in [-0.1, -0.05) is 71.2 Å². The van der Waals surface area contributed by atoms with E-state index in [1.165, 1.54) is 0 Å². The fraction of sp³-hybridized carbons (Fsp3) is 0.533. The van der Waals surface area contributed by atoms with Crippen LogP contribution in [0.3, 0.4) is 0 Å². The minimum Gasteiger partial charge on any atom is -0.496 e. The van der Waals surface area contributed by atoms with Gasteiger partial charge in [0.15, 0.2) is 0 Å². The van der Waals surface area contributed by atoms with Crippen LogP contribution in [0.15, 0.2) is 42.5 Å². The summed E-state index contributed by atoms with van der Waals surface area (Å²) in [5, 5.41) is 3.17. The Morgan fingerprint density at radius 3 is 2.47 bits per heavy atom. The Bertz CT molecular complexity index is 1020. The number of methoxy groups -OCH3 is 1. The largest absolute Gasteiger partial charge is 0.496 e. The van der Waals surface area contributed by atoms with Crippen molar-refractivity contribution in [3.05, 3.63) is 59.2 Å². The van der Waals surface area contributed by atoms with Gasteiger partial charge in [-0.3, -0.25) is 9.59 Å². The molecule has 1 saturated heterocycles. The molecule has 6 heteroatoms. The summed E-state index contributed by atoms with van der Waals surface area (Å²) in [6.07, 6.45) is 4.60. The van der Waals surface area contributed by atoms with Crippen molar-refractivity contribution in [1.82, 2.24) is 4.90 Å². The summed E-state index contributed by atoms with van der Waals surface area (Å²) >= 11 is 0. The fourth-order valence-electron chi connectivity index (χ4n) is 4.82. The highest BCUT2D eigenvalue weighted by Gasteiger charge is 2.25. The number of carbonyl (C=O) groups is 2. The van der Waals surface area contributed by atoms with E-state index in [9.17, 15) is 9.59 Å². The van der Waals surface area contributed by atoms with Crippen LogP contribution < -0.4 is 10.1 Å².